The van der Waals surface area contributed by atoms with Crippen LogP contribution in [0, 0.1) is 0 Å². The fourth-order valence-corrected chi connectivity index (χ4v) is 3.65. The van der Waals surface area contributed by atoms with E-state index in [1.54, 1.807) is 0 Å². The van der Waals surface area contributed by atoms with Crippen LogP contribution in [-0.4, -0.2) is 60.8 Å². The zero-order valence-electron chi connectivity index (χ0n) is 15.5. The first kappa shape index (κ1) is 17.9. The molecule has 1 aliphatic carbocycles. The zero-order valence-corrected chi connectivity index (χ0v) is 15.5. The summed E-state index contributed by atoms with van der Waals surface area (Å²) in [6.45, 7) is 3.79. The molecule has 3 rings (SSSR count). The summed E-state index contributed by atoms with van der Waals surface area (Å²) in [5.74, 6) is 0.780. The molecule has 1 aliphatic heterocycles. The third-order valence-corrected chi connectivity index (χ3v) is 5.03. The number of nitrogens with zero attached hydrogens (tertiary/aromatic N) is 4. The van der Waals surface area contributed by atoms with E-state index in [1.807, 2.05) is 37.0 Å². The van der Waals surface area contributed by atoms with Gasteiger partial charge in [-0.15, -0.1) is 0 Å². The summed E-state index contributed by atoms with van der Waals surface area (Å²) in [5, 5.41) is 3.78. The van der Waals surface area contributed by atoms with Crippen molar-refractivity contribution in [1.82, 2.24) is 20.2 Å². The molecule has 0 spiro atoms. The zero-order chi connectivity index (χ0) is 17.8. The summed E-state index contributed by atoms with van der Waals surface area (Å²) in [6, 6.07) is 0.745. The van der Waals surface area contributed by atoms with Gasteiger partial charge in [-0.2, -0.15) is 0 Å². The molecule has 0 saturated carbocycles. The molecule has 1 aromatic heterocycles. The van der Waals surface area contributed by atoms with Gasteiger partial charge in [-0.05, 0) is 39.0 Å². The number of likely N-dealkylation sites (tertiary alicyclic amines) is 1. The number of hydrogen-bond acceptors (Lipinski definition) is 6. The van der Waals surface area contributed by atoms with Gasteiger partial charge in [0.1, 0.15) is 0 Å². The van der Waals surface area contributed by atoms with E-state index in [0.29, 0.717) is 18.7 Å². The third kappa shape index (κ3) is 4.21. The van der Waals surface area contributed by atoms with E-state index in [0.717, 1.165) is 51.1 Å². The molecule has 1 N–H and O–H groups in total. The summed E-state index contributed by atoms with van der Waals surface area (Å²) in [6.07, 6.45) is 7.02. The number of rotatable bonds is 4. The highest BCUT2D eigenvalue weighted by Gasteiger charge is 2.28. The SMILES string of the molecule is CCOC(=O)N1CCC(NC2CCCc3nc(N(C)C)ncc32)CC1. The Bertz CT molecular complexity index is 599. The molecular weight excluding hydrogens is 318 g/mol. The molecule has 0 aromatic carbocycles. The lowest BCUT2D eigenvalue weighted by atomic mass is 9.91. The van der Waals surface area contributed by atoms with Crippen molar-refractivity contribution < 1.29 is 9.53 Å². The number of fused-ring (bicyclic) bond motifs is 1. The van der Waals surface area contributed by atoms with Crippen molar-refractivity contribution in [2.45, 2.75) is 51.1 Å². The Morgan fingerprint density at radius 2 is 2.12 bits per heavy atom. The van der Waals surface area contributed by atoms with E-state index >= 15 is 0 Å². The number of aromatic nitrogens is 2. The van der Waals surface area contributed by atoms with E-state index in [-0.39, 0.29) is 6.09 Å². The van der Waals surface area contributed by atoms with Crippen molar-refractivity contribution in [1.29, 1.82) is 0 Å². The summed E-state index contributed by atoms with van der Waals surface area (Å²) in [5.41, 5.74) is 2.41. The molecule has 1 unspecified atom stereocenters. The number of anilines is 1. The fraction of sp³-hybridized carbons (Fsp3) is 0.722. The van der Waals surface area contributed by atoms with Crippen LogP contribution in [0.2, 0.25) is 0 Å². The van der Waals surface area contributed by atoms with Crippen molar-refractivity contribution in [2.75, 3.05) is 38.7 Å². The van der Waals surface area contributed by atoms with Gasteiger partial charge in [-0.1, -0.05) is 0 Å². The number of ether oxygens (including phenoxy) is 1. The Morgan fingerprint density at radius 3 is 2.80 bits per heavy atom. The van der Waals surface area contributed by atoms with Crippen molar-refractivity contribution in [3.05, 3.63) is 17.5 Å². The Kier molecular flexibility index (Phi) is 5.73. The number of nitrogens with one attached hydrogen (secondary N) is 1. The quantitative estimate of drug-likeness (QED) is 0.900. The first-order valence-corrected chi connectivity index (χ1v) is 9.29. The highest BCUT2D eigenvalue weighted by Crippen LogP contribution is 2.30. The first-order valence-electron chi connectivity index (χ1n) is 9.29. The average Bonchev–Trinajstić information content (AvgIpc) is 2.62. The van der Waals surface area contributed by atoms with Crippen LogP contribution in [0.3, 0.4) is 0 Å². The first-order chi connectivity index (χ1) is 12.1. The Labute approximate surface area is 149 Å². The van der Waals surface area contributed by atoms with E-state index in [1.165, 1.54) is 11.3 Å². The van der Waals surface area contributed by atoms with Gasteiger partial charge in [0, 0.05) is 51.0 Å². The van der Waals surface area contributed by atoms with Gasteiger partial charge in [0.15, 0.2) is 0 Å². The molecule has 25 heavy (non-hydrogen) atoms. The molecule has 1 atom stereocenters. The van der Waals surface area contributed by atoms with Crippen LogP contribution in [0.15, 0.2) is 6.20 Å². The number of aryl methyl sites for hydroxylation is 1. The van der Waals surface area contributed by atoms with Crippen LogP contribution >= 0.6 is 0 Å². The van der Waals surface area contributed by atoms with Crippen LogP contribution in [0.4, 0.5) is 10.7 Å². The molecule has 7 nitrogen and oxygen atoms in total. The predicted octanol–water partition coefficient (Wildman–Crippen LogP) is 2.13. The van der Waals surface area contributed by atoms with Crippen molar-refractivity contribution in [2.24, 2.45) is 0 Å². The molecule has 2 heterocycles. The summed E-state index contributed by atoms with van der Waals surface area (Å²) < 4.78 is 5.09. The summed E-state index contributed by atoms with van der Waals surface area (Å²) in [7, 11) is 3.94. The second-order valence-corrected chi connectivity index (χ2v) is 7.04. The van der Waals surface area contributed by atoms with Crippen molar-refractivity contribution >= 4 is 12.0 Å². The van der Waals surface area contributed by atoms with Crippen LogP contribution in [0.1, 0.15) is 49.9 Å². The van der Waals surface area contributed by atoms with E-state index < -0.39 is 0 Å². The maximum atomic E-state index is 11.8. The van der Waals surface area contributed by atoms with Gasteiger partial charge in [-0.3, -0.25) is 0 Å². The lowest BCUT2D eigenvalue weighted by molar-refractivity contribution is 0.0939. The maximum Gasteiger partial charge on any atom is 0.409 e. The van der Waals surface area contributed by atoms with Gasteiger partial charge < -0.3 is 19.9 Å². The molecule has 1 saturated heterocycles. The lowest BCUT2D eigenvalue weighted by Gasteiger charge is -2.35. The third-order valence-electron chi connectivity index (χ3n) is 5.03. The normalized spacial score (nSPS) is 20.9. The topological polar surface area (TPSA) is 70.6 Å². The van der Waals surface area contributed by atoms with Crippen molar-refractivity contribution in [3.63, 3.8) is 0 Å². The molecule has 1 aromatic rings. The standard InChI is InChI=1S/C18H29N5O2/c1-4-25-18(24)23-10-8-13(9-11-23)20-15-6-5-7-16-14(15)12-19-17(21-16)22(2)3/h12-13,15,20H,4-11H2,1-3H3. The number of amides is 1. The number of carbonyl (C=O) groups is 1. The Morgan fingerprint density at radius 1 is 1.36 bits per heavy atom. The molecule has 1 fully saturated rings. The molecule has 0 radical (unpaired) electrons. The smallest absolute Gasteiger partial charge is 0.409 e. The maximum absolute atomic E-state index is 11.8. The second-order valence-electron chi connectivity index (χ2n) is 7.04. The highest BCUT2D eigenvalue weighted by atomic mass is 16.6. The number of piperidine rings is 1. The Balaban J connectivity index is 1.59. The van der Waals surface area contributed by atoms with Gasteiger partial charge >= 0.3 is 6.09 Å². The van der Waals surface area contributed by atoms with Gasteiger partial charge in [0.2, 0.25) is 5.95 Å². The molecule has 7 heteroatoms. The minimum Gasteiger partial charge on any atom is -0.450 e. The van der Waals surface area contributed by atoms with Crippen LogP contribution in [0.5, 0.6) is 0 Å². The Hall–Kier alpha value is -1.89. The molecule has 0 bridgehead atoms. The molecule has 138 valence electrons. The second kappa shape index (κ2) is 7.99. The minimum absolute atomic E-state index is 0.187. The highest BCUT2D eigenvalue weighted by molar-refractivity contribution is 5.67. The predicted molar refractivity (Wildman–Crippen MR) is 96.8 cm³/mol. The van der Waals surface area contributed by atoms with Gasteiger partial charge in [0.25, 0.3) is 0 Å². The van der Waals surface area contributed by atoms with Crippen LogP contribution in [-0.2, 0) is 11.2 Å². The lowest BCUT2D eigenvalue weighted by Crippen LogP contribution is -2.46. The fourth-order valence-electron chi connectivity index (χ4n) is 3.65. The summed E-state index contributed by atoms with van der Waals surface area (Å²) >= 11 is 0. The van der Waals surface area contributed by atoms with Gasteiger partial charge in [0.05, 0.1) is 12.3 Å². The molecule has 1 amide bonds. The summed E-state index contributed by atoms with van der Waals surface area (Å²) in [4.78, 5) is 24.8. The largest absolute Gasteiger partial charge is 0.450 e. The van der Waals surface area contributed by atoms with Crippen LogP contribution < -0.4 is 10.2 Å². The monoisotopic (exact) mass is 347 g/mol. The van der Waals surface area contributed by atoms with E-state index in [2.05, 4.69) is 10.3 Å². The number of carbonyl (C=O) groups excluding carboxylic acids is 1. The van der Waals surface area contributed by atoms with Gasteiger partial charge in [-0.25, -0.2) is 14.8 Å². The van der Waals surface area contributed by atoms with E-state index in [4.69, 9.17) is 9.72 Å². The van der Waals surface area contributed by atoms with Crippen molar-refractivity contribution in [3.8, 4) is 0 Å². The molecule has 2 aliphatic rings. The number of hydrogen-bond donors (Lipinski definition) is 1. The molecular formula is C18H29N5O2. The van der Waals surface area contributed by atoms with Crippen LogP contribution in [0.25, 0.3) is 0 Å². The minimum atomic E-state index is -0.187. The average molecular weight is 347 g/mol. The van der Waals surface area contributed by atoms with E-state index in [9.17, 15) is 4.79 Å².